The Morgan fingerprint density at radius 1 is 1.04 bits per heavy atom. The zero-order valence-electron chi connectivity index (χ0n) is 16.2. The molecule has 7 aliphatic rings. The lowest BCUT2D eigenvalue weighted by Gasteiger charge is -2.59. The fourth-order valence-corrected chi connectivity index (χ4v) is 7.00. The first-order valence-electron chi connectivity index (χ1n) is 10.6. The van der Waals surface area contributed by atoms with Gasteiger partial charge >= 0.3 is 11.9 Å². The maximum absolute atomic E-state index is 13.2. The fourth-order valence-electron chi connectivity index (χ4n) is 7.00. The van der Waals surface area contributed by atoms with Gasteiger partial charge in [-0.3, -0.25) is 4.79 Å². The molecule has 2 aliphatic heterocycles. The molecule has 0 radical (unpaired) electrons. The maximum Gasteiger partial charge on any atom is 0.333 e. The summed E-state index contributed by atoms with van der Waals surface area (Å²) in [6, 6.07) is 0. The minimum absolute atomic E-state index is 0.0486. The summed E-state index contributed by atoms with van der Waals surface area (Å²) in [5.74, 6) is 1.00. The van der Waals surface area contributed by atoms with Gasteiger partial charge in [0.1, 0.15) is 5.60 Å². The number of rotatable bonds is 5. The topological polar surface area (TPSA) is 61.8 Å². The Morgan fingerprint density at radius 3 is 2.26 bits per heavy atom. The van der Waals surface area contributed by atoms with E-state index in [-0.39, 0.29) is 11.9 Å². The molecule has 0 aromatic carbocycles. The minimum atomic E-state index is -0.487. The lowest BCUT2D eigenvalue weighted by molar-refractivity contribution is -0.213. The van der Waals surface area contributed by atoms with E-state index < -0.39 is 11.0 Å². The Bertz CT molecular complexity index is 652. The highest BCUT2D eigenvalue weighted by molar-refractivity contribution is 5.87. The monoisotopic (exact) mass is 374 g/mol. The number of carbonyl (C=O) groups excluding carboxylic acids is 2. The van der Waals surface area contributed by atoms with Crippen molar-refractivity contribution in [3.05, 3.63) is 12.2 Å². The van der Waals surface area contributed by atoms with Gasteiger partial charge < -0.3 is 14.2 Å². The summed E-state index contributed by atoms with van der Waals surface area (Å²) < 4.78 is 17.5. The van der Waals surface area contributed by atoms with Crippen LogP contribution in [0.3, 0.4) is 0 Å². The second kappa shape index (κ2) is 6.07. The summed E-state index contributed by atoms with van der Waals surface area (Å²) in [4.78, 5) is 25.4. The van der Waals surface area contributed by atoms with Gasteiger partial charge in [0.25, 0.3) is 0 Å². The Kier molecular flexibility index (Phi) is 3.98. The van der Waals surface area contributed by atoms with E-state index in [9.17, 15) is 9.59 Å². The standard InChI is InChI=1S/C22H30O5/c1-13(2)19(23)27-22-9-15-3-16(10-22)8-21(7-15,12-22)20(24)25-11-14-4-17-6-18(5-14)26-17/h14-18H,1,3-12H2,2H3. The molecule has 5 nitrogen and oxygen atoms in total. The van der Waals surface area contributed by atoms with Crippen LogP contribution in [0.5, 0.6) is 0 Å². The van der Waals surface area contributed by atoms with E-state index in [1.165, 1.54) is 6.42 Å². The van der Waals surface area contributed by atoms with Crippen molar-refractivity contribution in [2.45, 2.75) is 82.5 Å². The molecule has 7 rings (SSSR count). The van der Waals surface area contributed by atoms with Crippen LogP contribution in [0, 0.1) is 23.2 Å². The summed E-state index contributed by atoms with van der Waals surface area (Å²) in [5, 5.41) is 0. The predicted octanol–water partition coefficient (Wildman–Crippen LogP) is 3.56. The Hall–Kier alpha value is -1.36. The van der Waals surface area contributed by atoms with Crippen molar-refractivity contribution >= 4 is 11.9 Å². The lowest BCUT2D eigenvalue weighted by Crippen LogP contribution is -2.60. The SMILES string of the molecule is C=C(C)C(=O)OC12CC3CC(C1)CC(C(=O)OCC1CC4CC(C1)O4)(C3)C2. The van der Waals surface area contributed by atoms with Crippen molar-refractivity contribution < 1.29 is 23.8 Å². The first-order chi connectivity index (χ1) is 12.8. The molecular weight excluding hydrogens is 344 g/mol. The number of ether oxygens (including phenoxy) is 3. The first kappa shape index (κ1) is 17.7. The van der Waals surface area contributed by atoms with Crippen LogP contribution in [0.4, 0.5) is 0 Å². The normalized spacial score (nSPS) is 46.5. The van der Waals surface area contributed by atoms with Crippen molar-refractivity contribution in [2.24, 2.45) is 23.2 Å². The highest BCUT2D eigenvalue weighted by Gasteiger charge is 2.63. The van der Waals surface area contributed by atoms with E-state index in [0.29, 0.717) is 48.6 Å². The zero-order valence-corrected chi connectivity index (χ0v) is 16.2. The van der Waals surface area contributed by atoms with Gasteiger partial charge in [-0.1, -0.05) is 6.58 Å². The average Bonchev–Trinajstić information content (AvgIpc) is 2.57. The van der Waals surface area contributed by atoms with Gasteiger partial charge in [-0.2, -0.15) is 0 Å². The molecule has 6 bridgehead atoms. The minimum Gasteiger partial charge on any atom is -0.465 e. The van der Waals surface area contributed by atoms with Gasteiger partial charge in [-0.05, 0) is 76.0 Å². The lowest BCUT2D eigenvalue weighted by atomic mass is 9.48. The van der Waals surface area contributed by atoms with E-state index in [1.807, 2.05) is 0 Å². The summed E-state index contributed by atoms with van der Waals surface area (Å²) in [7, 11) is 0. The molecule has 7 fully saturated rings. The Morgan fingerprint density at radius 2 is 1.67 bits per heavy atom. The highest BCUT2D eigenvalue weighted by atomic mass is 16.6. The molecule has 2 saturated heterocycles. The number of fused-ring (bicyclic) bond motifs is 2. The molecule has 148 valence electrons. The summed E-state index contributed by atoms with van der Waals surface area (Å²) in [6.45, 7) is 5.92. The van der Waals surface area contributed by atoms with E-state index in [2.05, 4.69) is 6.58 Å². The molecule has 0 spiro atoms. The Balaban J connectivity index is 1.27. The number of hydrogen-bond acceptors (Lipinski definition) is 5. The van der Waals surface area contributed by atoms with Crippen LogP contribution in [0.25, 0.3) is 0 Å². The van der Waals surface area contributed by atoms with Crippen molar-refractivity contribution in [3.63, 3.8) is 0 Å². The third kappa shape index (κ3) is 3.02. The molecule has 2 heterocycles. The van der Waals surface area contributed by atoms with Crippen molar-refractivity contribution in [1.82, 2.24) is 0 Å². The van der Waals surface area contributed by atoms with Gasteiger partial charge in [0, 0.05) is 12.0 Å². The summed E-state index contributed by atoms with van der Waals surface area (Å²) in [5.41, 5.74) is -0.507. The first-order valence-corrected chi connectivity index (χ1v) is 10.6. The number of esters is 2. The third-order valence-electron chi connectivity index (χ3n) is 7.65. The molecule has 4 atom stereocenters. The number of carbonyl (C=O) groups is 2. The van der Waals surface area contributed by atoms with Gasteiger partial charge in [-0.25, -0.2) is 4.79 Å². The Labute approximate surface area is 160 Å². The average molecular weight is 374 g/mol. The highest BCUT2D eigenvalue weighted by Crippen LogP contribution is 2.63. The van der Waals surface area contributed by atoms with E-state index in [1.54, 1.807) is 6.92 Å². The summed E-state index contributed by atoms with van der Waals surface area (Å²) in [6.07, 6.45) is 9.34. The molecule has 5 saturated carbocycles. The van der Waals surface area contributed by atoms with Gasteiger partial charge in [-0.15, -0.1) is 0 Å². The van der Waals surface area contributed by atoms with Crippen molar-refractivity contribution in [3.8, 4) is 0 Å². The predicted molar refractivity (Wildman–Crippen MR) is 97.7 cm³/mol. The van der Waals surface area contributed by atoms with E-state index in [4.69, 9.17) is 14.2 Å². The third-order valence-corrected chi connectivity index (χ3v) is 7.65. The largest absolute Gasteiger partial charge is 0.465 e. The van der Waals surface area contributed by atoms with Crippen LogP contribution in [0.15, 0.2) is 12.2 Å². The van der Waals surface area contributed by atoms with Gasteiger partial charge in [0.2, 0.25) is 0 Å². The molecular formula is C22H30O5. The van der Waals surface area contributed by atoms with E-state index >= 15 is 0 Å². The molecule has 27 heavy (non-hydrogen) atoms. The molecule has 5 aliphatic carbocycles. The summed E-state index contributed by atoms with van der Waals surface area (Å²) >= 11 is 0. The van der Waals surface area contributed by atoms with Crippen LogP contribution in [0.2, 0.25) is 0 Å². The van der Waals surface area contributed by atoms with Gasteiger partial charge in [0.15, 0.2) is 0 Å². The van der Waals surface area contributed by atoms with Crippen molar-refractivity contribution in [2.75, 3.05) is 6.61 Å². The van der Waals surface area contributed by atoms with Crippen molar-refractivity contribution in [1.29, 1.82) is 0 Å². The molecule has 0 amide bonds. The number of hydrogen-bond donors (Lipinski definition) is 0. The molecule has 0 N–H and O–H groups in total. The van der Waals surface area contributed by atoms with Crippen LogP contribution in [-0.2, 0) is 23.8 Å². The van der Waals surface area contributed by atoms with Crippen LogP contribution < -0.4 is 0 Å². The van der Waals surface area contributed by atoms with E-state index in [0.717, 1.165) is 44.9 Å². The van der Waals surface area contributed by atoms with Crippen LogP contribution in [-0.4, -0.2) is 36.4 Å². The quantitative estimate of drug-likeness (QED) is 0.544. The second-order valence-corrected chi connectivity index (χ2v) is 10.1. The molecule has 5 heteroatoms. The maximum atomic E-state index is 13.2. The molecule has 4 unspecified atom stereocenters. The molecule has 0 aromatic rings. The second-order valence-electron chi connectivity index (χ2n) is 10.1. The van der Waals surface area contributed by atoms with Crippen LogP contribution in [0.1, 0.15) is 64.7 Å². The fraction of sp³-hybridized carbons (Fsp3) is 0.818. The smallest absolute Gasteiger partial charge is 0.333 e. The zero-order chi connectivity index (χ0) is 18.8. The van der Waals surface area contributed by atoms with Crippen LogP contribution >= 0.6 is 0 Å². The van der Waals surface area contributed by atoms with Gasteiger partial charge in [0.05, 0.1) is 24.2 Å². The molecule has 0 aromatic heterocycles.